The zero-order chi connectivity index (χ0) is 13.8. The third kappa shape index (κ3) is 3.63. The summed E-state index contributed by atoms with van der Waals surface area (Å²) < 4.78 is 6.53. The van der Waals surface area contributed by atoms with Gasteiger partial charge in [-0.05, 0) is 51.1 Å². The van der Waals surface area contributed by atoms with Crippen molar-refractivity contribution in [2.24, 2.45) is 0 Å². The number of nitrogens with zero attached hydrogens (tertiary/aromatic N) is 1. The fraction of sp³-hybridized carbons (Fsp3) is 0.600. The molecule has 1 N–H and O–H groups in total. The van der Waals surface area contributed by atoms with E-state index in [1.165, 1.54) is 31.4 Å². The molecule has 19 heavy (non-hydrogen) atoms. The highest BCUT2D eigenvalue weighted by molar-refractivity contribution is 9.10. The van der Waals surface area contributed by atoms with E-state index in [9.17, 15) is 0 Å². The van der Waals surface area contributed by atoms with Crippen molar-refractivity contribution >= 4 is 21.6 Å². The summed E-state index contributed by atoms with van der Waals surface area (Å²) in [5, 5.41) is 3.57. The van der Waals surface area contributed by atoms with Gasteiger partial charge in [-0.1, -0.05) is 22.4 Å². The lowest BCUT2D eigenvalue weighted by Crippen LogP contribution is -2.40. The maximum atomic E-state index is 5.47. The molecule has 1 aliphatic heterocycles. The SMILES string of the molecule is COc1cc(Br)cc(C)c1NCC1CCCCN1C. The lowest BCUT2D eigenvalue weighted by Gasteiger charge is -2.33. The number of benzene rings is 1. The molecule has 1 saturated heterocycles. The Kier molecular flexibility index (Phi) is 5.11. The number of rotatable bonds is 4. The van der Waals surface area contributed by atoms with Gasteiger partial charge < -0.3 is 15.0 Å². The number of ether oxygens (including phenoxy) is 1. The topological polar surface area (TPSA) is 24.5 Å². The average Bonchev–Trinajstić information content (AvgIpc) is 2.38. The lowest BCUT2D eigenvalue weighted by atomic mass is 10.0. The Bertz CT molecular complexity index is 436. The van der Waals surface area contributed by atoms with E-state index < -0.39 is 0 Å². The van der Waals surface area contributed by atoms with Crippen molar-refractivity contribution in [1.82, 2.24) is 4.90 Å². The van der Waals surface area contributed by atoms with Gasteiger partial charge >= 0.3 is 0 Å². The van der Waals surface area contributed by atoms with Gasteiger partial charge in [-0.3, -0.25) is 0 Å². The minimum atomic E-state index is 0.626. The third-order valence-corrected chi connectivity index (χ3v) is 4.38. The van der Waals surface area contributed by atoms with Crippen molar-refractivity contribution < 1.29 is 4.74 Å². The summed E-state index contributed by atoms with van der Waals surface area (Å²) in [6.45, 7) is 4.30. The number of nitrogens with one attached hydrogen (secondary N) is 1. The second-order valence-corrected chi connectivity index (χ2v) is 6.23. The van der Waals surface area contributed by atoms with Crippen LogP contribution in [0.5, 0.6) is 5.75 Å². The highest BCUT2D eigenvalue weighted by atomic mass is 79.9. The first-order valence-electron chi connectivity index (χ1n) is 6.90. The molecule has 0 bridgehead atoms. The van der Waals surface area contributed by atoms with Crippen LogP contribution in [-0.2, 0) is 0 Å². The van der Waals surface area contributed by atoms with Crippen LogP contribution >= 0.6 is 15.9 Å². The van der Waals surface area contributed by atoms with Crippen molar-refractivity contribution in [2.45, 2.75) is 32.2 Å². The van der Waals surface area contributed by atoms with E-state index in [-0.39, 0.29) is 0 Å². The van der Waals surface area contributed by atoms with E-state index in [4.69, 9.17) is 4.74 Å². The molecular formula is C15H23BrN2O. The van der Waals surface area contributed by atoms with E-state index in [0.717, 1.165) is 22.5 Å². The van der Waals surface area contributed by atoms with Crippen LogP contribution < -0.4 is 10.1 Å². The van der Waals surface area contributed by atoms with Gasteiger partial charge in [-0.25, -0.2) is 0 Å². The zero-order valence-electron chi connectivity index (χ0n) is 12.0. The molecule has 106 valence electrons. The maximum Gasteiger partial charge on any atom is 0.143 e. The van der Waals surface area contributed by atoms with Crippen LogP contribution in [0.25, 0.3) is 0 Å². The molecule has 0 amide bonds. The first-order valence-corrected chi connectivity index (χ1v) is 7.69. The molecule has 0 saturated carbocycles. The normalized spacial score (nSPS) is 20.3. The Labute approximate surface area is 124 Å². The number of aryl methyl sites for hydroxylation is 1. The maximum absolute atomic E-state index is 5.47. The highest BCUT2D eigenvalue weighted by Crippen LogP contribution is 2.32. The van der Waals surface area contributed by atoms with Crippen LogP contribution in [0.15, 0.2) is 16.6 Å². The molecule has 4 heteroatoms. The number of anilines is 1. The summed E-state index contributed by atoms with van der Waals surface area (Å²) in [4.78, 5) is 2.46. The molecule has 0 aliphatic carbocycles. The first kappa shape index (κ1) is 14.7. The van der Waals surface area contributed by atoms with Gasteiger partial charge in [0.2, 0.25) is 0 Å². The summed E-state index contributed by atoms with van der Waals surface area (Å²) >= 11 is 3.51. The first-order chi connectivity index (χ1) is 9.11. The van der Waals surface area contributed by atoms with Crippen molar-refractivity contribution in [3.8, 4) is 5.75 Å². The van der Waals surface area contributed by atoms with E-state index >= 15 is 0 Å². The van der Waals surface area contributed by atoms with Crippen LogP contribution in [0, 0.1) is 6.92 Å². The predicted molar refractivity (Wildman–Crippen MR) is 84.2 cm³/mol. The fourth-order valence-corrected chi connectivity index (χ4v) is 3.27. The van der Waals surface area contributed by atoms with E-state index in [2.05, 4.69) is 46.2 Å². The molecule has 1 heterocycles. The molecule has 1 aliphatic rings. The van der Waals surface area contributed by atoms with E-state index in [1.807, 2.05) is 6.07 Å². The molecule has 1 unspecified atom stereocenters. The third-order valence-electron chi connectivity index (χ3n) is 3.92. The van der Waals surface area contributed by atoms with E-state index in [0.29, 0.717) is 6.04 Å². The summed E-state index contributed by atoms with van der Waals surface area (Å²) in [5.41, 5.74) is 2.33. The quantitative estimate of drug-likeness (QED) is 0.913. The molecule has 0 aromatic heterocycles. The number of likely N-dealkylation sites (tertiary alicyclic amines) is 1. The number of hydrogen-bond donors (Lipinski definition) is 1. The number of halogens is 1. The average molecular weight is 327 g/mol. The van der Waals surface area contributed by atoms with Crippen molar-refractivity contribution in [3.05, 3.63) is 22.2 Å². The summed E-state index contributed by atoms with van der Waals surface area (Å²) in [6.07, 6.45) is 3.95. The number of piperidine rings is 1. The molecule has 0 spiro atoms. The minimum Gasteiger partial charge on any atom is -0.495 e. The summed E-state index contributed by atoms with van der Waals surface area (Å²) in [5.74, 6) is 0.908. The molecule has 3 nitrogen and oxygen atoms in total. The van der Waals surface area contributed by atoms with Crippen LogP contribution in [0.2, 0.25) is 0 Å². The summed E-state index contributed by atoms with van der Waals surface area (Å²) in [7, 11) is 3.94. The highest BCUT2D eigenvalue weighted by Gasteiger charge is 2.19. The molecule has 0 radical (unpaired) electrons. The Hall–Kier alpha value is -0.740. The van der Waals surface area contributed by atoms with Crippen LogP contribution in [-0.4, -0.2) is 38.2 Å². The standard InChI is InChI=1S/C15H23BrN2O/c1-11-8-12(16)9-14(19-3)15(11)17-10-13-6-4-5-7-18(13)2/h8-9,13,17H,4-7,10H2,1-3H3. The van der Waals surface area contributed by atoms with Gasteiger partial charge in [0.25, 0.3) is 0 Å². The second kappa shape index (κ2) is 6.62. The van der Waals surface area contributed by atoms with Gasteiger partial charge in [0, 0.05) is 17.1 Å². The minimum absolute atomic E-state index is 0.626. The largest absolute Gasteiger partial charge is 0.495 e. The predicted octanol–water partition coefficient (Wildman–Crippen LogP) is 3.66. The zero-order valence-corrected chi connectivity index (χ0v) is 13.6. The van der Waals surface area contributed by atoms with Crippen molar-refractivity contribution in [2.75, 3.05) is 32.6 Å². The molecule has 2 rings (SSSR count). The Morgan fingerprint density at radius 1 is 1.42 bits per heavy atom. The van der Waals surface area contributed by atoms with Gasteiger partial charge in [0.1, 0.15) is 5.75 Å². The molecule has 1 atom stereocenters. The molecule has 1 aromatic carbocycles. The molecule has 1 aromatic rings. The number of hydrogen-bond acceptors (Lipinski definition) is 3. The molecular weight excluding hydrogens is 304 g/mol. The number of methoxy groups -OCH3 is 1. The Morgan fingerprint density at radius 3 is 2.89 bits per heavy atom. The Morgan fingerprint density at radius 2 is 2.21 bits per heavy atom. The van der Waals surface area contributed by atoms with Gasteiger partial charge in [-0.2, -0.15) is 0 Å². The van der Waals surface area contributed by atoms with Crippen LogP contribution in [0.4, 0.5) is 5.69 Å². The second-order valence-electron chi connectivity index (χ2n) is 5.31. The summed E-state index contributed by atoms with van der Waals surface area (Å²) in [6, 6.07) is 4.76. The fourth-order valence-electron chi connectivity index (χ4n) is 2.72. The Balaban J connectivity index is 2.06. The van der Waals surface area contributed by atoms with Gasteiger partial charge in [-0.15, -0.1) is 0 Å². The van der Waals surface area contributed by atoms with Crippen LogP contribution in [0.1, 0.15) is 24.8 Å². The number of likely N-dealkylation sites (N-methyl/N-ethyl adjacent to an activating group) is 1. The van der Waals surface area contributed by atoms with Gasteiger partial charge in [0.05, 0.1) is 12.8 Å². The smallest absolute Gasteiger partial charge is 0.143 e. The van der Waals surface area contributed by atoms with E-state index in [1.54, 1.807) is 7.11 Å². The lowest BCUT2D eigenvalue weighted by molar-refractivity contribution is 0.194. The van der Waals surface area contributed by atoms with Gasteiger partial charge in [0.15, 0.2) is 0 Å². The van der Waals surface area contributed by atoms with Crippen molar-refractivity contribution in [3.63, 3.8) is 0 Å². The van der Waals surface area contributed by atoms with Crippen molar-refractivity contribution in [1.29, 1.82) is 0 Å². The molecule has 1 fully saturated rings. The van der Waals surface area contributed by atoms with Crippen LogP contribution in [0.3, 0.4) is 0 Å². The monoisotopic (exact) mass is 326 g/mol.